The lowest BCUT2D eigenvalue weighted by Gasteiger charge is -2.37. The van der Waals surface area contributed by atoms with Gasteiger partial charge in [-0.25, -0.2) is 0 Å². The van der Waals surface area contributed by atoms with Crippen LogP contribution >= 0.6 is 0 Å². The van der Waals surface area contributed by atoms with Crippen LogP contribution in [-0.2, 0) is 9.47 Å². The van der Waals surface area contributed by atoms with Gasteiger partial charge in [-0.1, -0.05) is 6.92 Å². The summed E-state index contributed by atoms with van der Waals surface area (Å²) < 4.78 is 11.3. The lowest BCUT2D eigenvalue weighted by Crippen LogP contribution is -2.45. The van der Waals surface area contributed by atoms with E-state index in [1.54, 1.807) is 0 Å². The fourth-order valence-corrected chi connectivity index (χ4v) is 2.13. The highest BCUT2D eigenvalue weighted by atomic mass is 16.7. The third kappa shape index (κ3) is 2.03. The van der Waals surface area contributed by atoms with E-state index in [4.69, 9.17) is 9.47 Å². The number of hydrogen-bond acceptors (Lipinski definition) is 3. The molecule has 1 radical (unpaired) electrons. The van der Waals surface area contributed by atoms with Gasteiger partial charge in [0.1, 0.15) is 0 Å². The van der Waals surface area contributed by atoms with Crippen LogP contribution in [0.1, 0.15) is 19.3 Å². The van der Waals surface area contributed by atoms with Crippen molar-refractivity contribution in [3.63, 3.8) is 0 Å². The van der Waals surface area contributed by atoms with Gasteiger partial charge in [-0.2, -0.15) is 0 Å². The maximum Gasteiger partial charge on any atom is 0.170 e. The topological polar surface area (TPSA) is 21.7 Å². The molecule has 2 fully saturated rings. The molecule has 2 saturated heterocycles. The zero-order valence-electron chi connectivity index (χ0n) is 8.13. The number of nitrogens with zero attached hydrogens (tertiary/aromatic N) is 1. The second-order valence-corrected chi connectivity index (χ2v) is 3.80. The molecule has 0 saturated carbocycles. The molecule has 0 aromatic heterocycles. The molecule has 0 unspecified atom stereocenters. The molecule has 0 N–H and O–H groups in total. The summed E-state index contributed by atoms with van der Waals surface area (Å²) in [5.41, 5.74) is 0. The lowest BCUT2D eigenvalue weighted by molar-refractivity contribution is -0.185. The van der Waals surface area contributed by atoms with Gasteiger partial charge in [-0.05, 0) is 13.0 Å². The second-order valence-electron chi connectivity index (χ2n) is 3.80. The van der Waals surface area contributed by atoms with Crippen LogP contribution in [0.5, 0.6) is 0 Å². The minimum absolute atomic E-state index is 0.211. The van der Waals surface area contributed by atoms with Gasteiger partial charge in [0.25, 0.3) is 0 Å². The molecule has 0 aliphatic carbocycles. The maximum atomic E-state index is 5.64. The zero-order valence-corrected chi connectivity index (χ0v) is 8.13. The van der Waals surface area contributed by atoms with Crippen LogP contribution in [0.2, 0.25) is 0 Å². The van der Waals surface area contributed by atoms with Crippen molar-refractivity contribution in [1.82, 2.24) is 4.90 Å². The van der Waals surface area contributed by atoms with Gasteiger partial charge in [0.15, 0.2) is 5.79 Å². The first-order valence-electron chi connectivity index (χ1n) is 5.14. The summed E-state index contributed by atoms with van der Waals surface area (Å²) >= 11 is 0. The summed E-state index contributed by atoms with van der Waals surface area (Å²) in [5, 5.41) is 0. The summed E-state index contributed by atoms with van der Waals surface area (Å²) in [6.45, 7) is 8.70. The fraction of sp³-hybridized carbons (Fsp3) is 0.900. The Labute approximate surface area is 80.0 Å². The first-order chi connectivity index (χ1) is 6.35. The number of likely N-dealkylation sites (tertiary alicyclic amines) is 1. The van der Waals surface area contributed by atoms with E-state index in [0.29, 0.717) is 0 Å². The van der Waals surface area contributed by atoms with Crippen LogP contribution in [0, 0.1) is 6.92 Å². The van der Waals surface area contributed by atoms with E-state index >= 15 is 0 Å². The predicted octanol–water partition coefficient (Wildman–Crippen LogP) is 1.05. The summed E-state index contributed by atoms with van der Waals surface area (Å²) in [5.74, 6) is -0.211. The van der Waals surface area contributed by atoms with Gasteiger partial charge in [0, 0.05) is 25.9 Å². The van der Waals surface area contributed by atoms with E-state index < -0.39 is 0 Å². The van der Waals surface area contributed by atoms with Crippen LogP contribution < -0.4 is 0 Å². The molecular formula is C10H18NO2. The van der Waals surface area contributed by atoms with Crippen molar-refractivity contribution in [3.8, 4) is 0 Å². The van der Waals surface area contributed by atoms with Crippen LogP contribution in [0.15, 0.2) is 0 Å². The van der Waals surface area contributed by atoms with E-state index in [2.05, 4.69) is 11.8 Å². The summed E-state index contributed by atoms with van der Waals surface area (Å²) in [6, 6.07) is 0. The summed E-state index contributed by atoms with van der Waals surface area (Å²) in [6.07, 6.45) is 3.04. The summed E-state index contributed by atoms with van der Waals surface area (Å²) in [7, 11) is 0. The molecule has 13 heavy (non-hydrogen) atoms. The molecule has 3 heteroatoms. The fourth-order valence-electron chi connectivity index (χ4n) is 2.13. The van der Waals surface area contributed by atoms with Crippen LogP contribution in [0.3, 0.4) is 0 Å². The number of rotatable bonds is 2. The molecular weight excluding hydrogens is 166 g/mol. The van der Waals surface area contributed by atoms with Crippen molar-refractivity contribution in [2.24, 2.45) is 0 Å². The zero-order chi connectivity index (χ0) is 9.15. The van der Waals surface area contributed by atoms with Crippen molar-refractivity contribution in [2.75, 3.05) is 32.8 Å². The van der Waals surface area contributed by atoms with E-state index in [0.717, 1.165) is 52.1 Å². The smallest absolute Gasteiger partial charge is 0.170 e. The minimum Gasteiger partial charge on any atom is -0.347 e. The highest BCUT2D eigenvalue weighted by Gasteiger charge is 2.39. The minimum atomic E-state index is -0.211. The Morgan fingerprint density at radius 2 is 1.77 bits per heavy atom. The molecule has 1 spiro atoms. The van der Waals surface area contributed by atoms with Gasteiger partial charge in [0.2, 0.25) is 0 Å². The maximum absolute atomic E-state index is 5.64. The van der Waals surface area contributed by atoms with Crippen LogP contribution in [0.25, 0.3) is 0 Å². The molecule has 0 amide bonds. The average molecular weight is 184 g/mol. The highest BCUT2D eigenvalue weighted by molar-refractivity contribution is 4.82. The molecule has 2 rings (SSSR count). The van der Waals surface area contributed by atoms with Gasteiger partial charge < -0.3 is 14.4 Å². The second kappa shape index (κ2) is 3.95. The van der Waals surface area contributed by atoms with Crippen molar-refractivity contribution in [2.45, 2.75) is 25.0 Å². The summed E-state index contributed by atoms with van der Waals surface area (Å²) in [4.78, 5) is 2.43. The van der Waals surface area contributed by atoms with Crippen molar-refractivity contribution < 1.29 is 9.47 Å². The van der Waals surface area contributed by atoms with E-state index in [1.165, 1.54) is 0 Å². The molecule has 2 aliphatic rings. The highest BCUT2D eigenvalue weighted by Crippen LogP contribution is 2.30. The Morgan fingerprint density at radius 3 is 2.31 bits per heavy atom. The Kier molecular flexibility index (Phi) is 2.86. The molecule has 3 nitrogen and oxygen atoms in total. The quantitative estimate of drug-likeness (QED) is 0.640. The van der Waals surface area contributed by atoms with E-state index in [1.807, 2.05) is 0 Å². The third-order valence-corrected chi connectivity index (χ3v) is 2.91. The molecule has 0 aromatic carbocycles. The number of hydrogen-bond donors (Lipinski definition) is 0. The Morgan fingerprint density at radius 1 is 1.15 bits per heavy atom. The van der Waals surface area contributed by atoms with Crippen molar-refractivity contribution >= 4 is 0 Å². The normalized spacial score (nSPS) is 28.4. The Bertz CT molecular complexity index is 156. The van der Waals surface area contributed by atoms with E-state index in [9.17, 15) is 0 Å². The molecule has 2 heterocycles. The number of piperidine rings is 1. The SMILES string of the molecule is [CH2]CCN1CCC2(CC1)OCCO2. The van der Waals surface area contributed by atoms with Crippen LogP contribution in [-0.4, -0.2) is 43.5 Å². The Hall–Kier alpha value is -0.120. The molecule has 2 aliphatic heterocycles. The largest absolute Gasteiger partial charge is 0.347 e. The van der Waals surface area contributed by atoms with Crippen LogP contribution in [0.4, 0.5) is 0 Å². The standard InChI is InChI=1S/C10H18NO2/c1-2-5-11-6-3-10(4-7-11)12-8-9-13-10/h1-9H2. The first kappa shape index (κ1) is 9.44. The van der Waals surface area contributed by atoms with Gasteiger partial charge in [-0.15, -0.1) is 0 Å². The molecule has 75 valence electrons. The molecule has 0 aromatic rings. The Balaban J connectivity index is 1.81. The predicted molar refractivity (Wildman–Crippen MR) is 50.3 cm³/mol. The number of ether oxygens (including phenoxy) is 2. The van der Waals surface area contributed by atoms with Crippen molar-refractivity contribution in [3.05, 3.63) is 6.92 Å². The van der Waals surface area contributed by atoms with E-state index in [-0.39, 0.29) is 5.79 Å². The third-order valence-electron chi connectivity index (χ3n) is 2.91. The van der Waals surface area contributed by atoms with Crippen molar-refractivity contribution in [1.29, 1.82) is 0 Å². The lowest BCUT2D eigenvalue weighted by atomic mass is 10.0. The van der Waals surface area contributed by atoms with Gasteiger partial charge in [-0.3, -0.25) is 0 Å². The van der Waals surface area contributed by atoms with Gasteiger partial charge in [0.05, 0.1) is 13.2 Å². The first-order valence-corrected chi connectivity index (χ1v) is 5.14. The molecule has 0 bridgehead atoms. The van der Waals surface area contributed by atoms with Gasteiger partial charge >= 0.3 is 0 Å². The molecule has 0 atom stereocenters. The monoisotopic (exact) mass is 184 g/mol. The average Bonchev–Trinajstić information content (AvgIpc) is 2.59.